The average molecular weight is 348 g/mol. The van der Waals surface area contributed by atoms with Gasteiger partial charge < -0.3 is 19.3 Å². The second-order valence-electron chi connectivity index (χ2n) is 6.47. The summed E-state index contributed by atoms with van der Waals surface area (Å²) in [6.07, 6.45) is 3.78. The van der Waals surface area contributed by atoms with Gasteiger partial charge in [-0.2, -0.15) is 0 Å². The van der Waals surface area contributed by atoms with Crippen LogP contribution in [0.4, 0.5) is 4.39 Å². The van der Waals surface area contributed by atoms with Crippen molar-refractivity contribution in [1.82, 2.24) is 0 Å². The lowest BCUT2D eigenvalue weighted by Gasteiger charge is -2.37. The second-order valence-corrected chi connectivity index (χ2v) is 6.47. The van der Waals surface area contributed by atoms with Gasteiger partial charge in [-0.15, -0.1) is 6.58 Å². The van der Waals surface area contributed by atoms with E-state index in [0.717, 1.165) is 6.07 Å². The van der Waals surface area contributed by atoms with Gasteiger partial charge in [0.1, 0.15) is 17.2 Å². The number of allylic oxidation sites excluding steroid dienone is 2. The van der Waals surface area contributed by atoms with Gasteiger partial charge in [0.05, 0.1) is 7.11 Å². The zero-order valence-electron chi connectivity index (χ0n) is 14.3. The smallest absolute Gasteiger partial charge is 0.189 e. The number of aromatic hydroxyl groups is 1. The van der Waals surface area contributed by atoms with Gasteiger partial charge in [0, 0.05) is 18.1 Å². The standard InChI is InChI=1S/C19H21FO5/c1-4-12-9-19(18(8-15(12)21)24-10-25-19)11(2)5-13-6-16(22)17(23-3)7-14(13)20/h4,6-8,11-12,22H,1,5,9-10H2,2-3H3/t11-,12-,19+/m0/s1. The van der Waals surface area contributed by atoms with Crippen LogP contribution in [0.15, 0.2) is 36.6 Å². The molecule has 1 heterocycles. The molecule has 1 aromatic rings. The molecule has 0 aromatic heterocycles. The highest BCUT2D eigenvalue weighted by molar-refractivity contribution is 5.94. The number of hydrogen-bond donors (Lipinski definition) is 1. The van der Waals surface area contributed by atoms with Crippen molar-refractivity contribution < 1.29 is 28.5 Å². The van der Waals surface area contributed by atoms with Crippen LogP contribution in [0.25, 0.3) is 0 Å². The van der Waals surface area contributed by atoms with E-state index in [-0.39, 0.29) is 35.9 Å². The Kier molecular flexibility index (Phi) is 4.56. The third kappa shape index (κ3) is 2.91. The second kappa shape index (κ2) is 6.52. The Morgan fingerprint density at radius 2 is 2.32 bits per heavy atom. The molecular weight excluding hydrogens is 327 g/mol. The topological polar surface area (TPSA) is 65.0 Å². The van der Waals surface area contributed by atoms with Crippen LogP contribution >= 0.6 is 0 Å². The maximum Gasteiger partial charge on any atom is 0.189 e. The zero-order chi connectivity index (χ0) is 18.2. The normalized spacial score (nSPS) is 26.4. The van der Waals surface area contributed by atoms with E-state index in [4.69, 9.17) is 14.2 Å². The molecule has 1 fully saturated rings. The Morgan fingerprint density at radius 1 is 1.56 bits per heavy atom. The van der Waals surface area contributed by atoms with Crippen LogP contribution in [0.2, 0.25) is 0 Å². The zero-order valence-corrected chi connectivity index (χ0v) is 14.3. The maximum atomic E-state index is 14.3. The number of phenols is 1. The minimum absolute atomic E-state index is 0.0592. The van der Waals surface area contributed by atoms with Crippen LogP contribution < -0.4 is 4.74 Å². The third-order valence-electron chi connectivity index (χ3n) is 5.06. The van der Waals surface area contributed by atoms with Gasteiger partial charge in [-0.25, -0.2) is 4.39 Å². The van der Waals surface area contributed by atoms with Crippen molar-refractivity contribution in [2.45, 2.75) is 25.4 Å². The molecule has 0 spiro atoms. The summed E-state index contributed by atoms with van der Waals surface area (Å²) >= 11 is 0. The van der Waals surface area contributed by atoms with Crippen molar-refractivity contribution in [3.8, 4) is 11.5 Å². The number of ketones is 1. The molecule has 1 aromatic carbocycles. The van der Waals surface area contributed by atoms with E-state index in [0.29, 0.717) is 24.2 Å². The quantitative estimate of drug-likeness (QED) is 0.828. The van der Waals surface area contributed by atoms with Gasteiger partial charge in [0.25, 0.3) is 0 Å². The van der Waals surface area contributed by atoms with Crippen LogP contribution in [-0.2, 0) is 20.7 Å². The first kappa shape index (κ1) is 17.5. The van der Waals surface area contributed by atoms with Gasteiger partial charge in [-0.3, -0.25) is 4.79 Å². The summed E-state index contributed by atoms with van der Waals surface area (Å²) in [6.45, 7) is 5.69. The number of rotatable bonds is 5. The SMILES string of the molecule is C=C[C@H]1C[C@]2([C@@H](C)Cc3cc(O)c(OC)cc3F)OCOC2=CC1=O. The predicted molar refractivity (Wildman–Crippen MR) is 88.6 cm³/mol. The van der Waals surface area contributed by atoms with Crippen LogP contribution in [0.1, 0.15) is 18.9 Å². The van der Waals surface area contributed by atoms with E-state index >= 15 is 0 Å². The fourth-order valence-corrected chi connectivity index (χ4v) is 3.57. The summed E-state index contributed by atoms with van der Waals surface area (Å²) in [6, 6.07) is 2.52. The fourth-order valence-electron chi connectivity index (χ4n) is 3.57. The Balaban J connectivity index is 1.91. The molecule has 3 rings (SSSR count). The van der Waals surface area contributed by atoms with Gasteiger partial charge in [-0.1, -0.05) is 13.0 Å². The number of methoxy groups -OCH3 is 1. The molecule has 1 aliphatic heterocycles. The van der Waals surface area contributed by atoms with Crippen molar-refractivity contribution in [3.05, 3.63) is 48.0 Å². The Bertz CT molecular complexity index is 742. The molecule has 1 saturated heterocycles. The van der Waals surface area contributed by atoms with Crippen LogP contribution in [0.3, 0.4) is 0 Å². The van der Waals surface area contributed by atoms with Crippen molar-refractivity contribution >= 4 is 5.78 Å². The van der Waals surface area contributed by atoms with Crippen LogP contribution in [-0.4, -0.2) is 30.4 Å². The Labute approximate surface area is 145 Å². The van der Waals surface area contributed by atoms with E-state index in [1.54, 1.807) is 6.08 Å². The van der Waals surface area contributed by atoms with Crippen molar-refractivity contribution in [1.29, 1.82) is 0 Å². The molecular formula is C19H21FO5. The number of carbonyl (C=O) groups excluding carboxylic acids is 1. The molecule has 2 aliphatic rings. The average Bonchev–Trinajstić information content (AvgIpc) is 3.00. The molecule has 0 unspecified atom stereocenters. The minimum atomic E-state index is -0.797. The summed E-state index contributed by atoms with van der Waals surface area (Å²) in [5, 5.41) is 9.92. The summed E-state index contributed by atoms with van der Waals surface area (Å²) in [5.41, 5.74) is -0.448. The third-order valence-corrected chi connectivity index (χ3v) is 5.06. The van der Waals surface area contributed by atoms with E-state index in [9.17, 15) is 14.3 Å². The van der Waals surface area contributed by atoms with Crippen LogP contribution in [0, 0.1) is 17.7 Å². The first-order valence-corrected chi connectivity index (χ1v) is 8.12. The minimum Gasteiger partial charge on any atom is -0.504 e. The Hall–Kier alpha value is -2.34. The monoisotopic (exact) mass is 348 g/mol. The van der Waals surface area contributed by atoms with E-state index in [2.05, 4.69) is 6.58 Å². The highest BCUT2D eigenvalue weighted by atomic mass is 19.1. The lowest BCUT2D eigenvalue weighted by atomic mass is 9.72. The fraction of sp³-hybridized carbons (Fsp3) is 0.421. The van der Waals surface area contributed by atoms with E-state index in [1.165, 1.54) is 19.3 Å². The first-order chi connectivity index (χ1) is 11.9. The highest BCUT2D eigenvalue weighted by Crippen LogP contribution is 2.46. The number of hydrogen-bond acceptors (Lipinski definition) is 5. The van der Waals surface area contributed by atoms with Gasteiger partial charge in [0.15, 0.2) is 24.1 Å². The number of benzene rings is 1. The molecule has 25 heavy (non-hydrogen) atoms. The summed E-state index contributed by atoms with van der Waals surface area (Å²) in [4.78, 5) is 12.1. The van der Waals surface area contributed by atoms with Crippen molar-refractivity contribution in [3.63, 3.8) is 0 Å². The molecule has 0 saturated carbocycles. The molecule has 5 nitrogen and oxygen atoms in total. The molecule has 0 radical (unpaired) electrons. The van der Waals surface area contributed by atoms with Crippen LogP contribution in [0.5, 0.6) is 11.5 Å². The van der Waals surface area contributed by atoms with Crippen molar-refractivity contribution in [2.24, 2.45) is 11.8 Å². The first-order valence-electron chi connectivity index (χ1n) is 8.12. The molecule has 6 heteroatoms. The Morgan fingerprint density at radius 3 is 3.00 bits per heavy atom. The van der Waals surface area contributed by atoms with Crippen molar-refractivity contribution in [2.75, 3.05) is 13.9 Å². The summed E-state index contributed by atoms with van der Waals surface area (Å²) < 4.78 is 30.6. The molecule has 3 atom stereocenters. The summed E-state index contributed by atoms with van der Waals surface area (Å²) in [5.74, 6) is -0.614. The lowest BCUT2D eigenvalue weighted by Crippen LogP contribution is -2.44. The molecule has 1 aliphatic carbocycles. The van der Waals surface area contributed by atoms with Gasteiger partial charge >= 0.3 is 0 Å². The lowest BCUT2D eigenvalue weighted by molar-refractivity contribution is -0.121. The highest BCUT2D eigenvalue weighted by Gasteiger charge is 2.51. The number of halogens is 1. The molecule has 134 valence electrons. The van der Waals surface area contributed by atoms with E-state index in [1.807, 2.05) is 6.92 Å². The number of fused-ring (bicyclic) bond motifs is 1. The predicted octanol–water partition coefficient (Wildman–Crippen LogP) is 3.12. The van der Waals surface area contributed by atoms with E-state index < -0.39 is 11.4 Å². The summed E-state index contributed by atoms with van der Waals surface area (Å²) in [7, 11) is 1.37. The van der Waals surface area contributed by atoms with Gasteiger partial charge in [0.2, 0.25) is 0 Å². The van der Waals surface area contributed by atoms with Gasteiger partial charge in [-0.05, 0) is 30.4 Å². The number of carbonyl (C=O) groups is 1. The maximum absolute atomic E-state index is 14.3. The molecule has 0 bridgehead atoms. The number of phenolic OH excluding ortho intramolecular Hbond substituents is 1. The largest absolute Gasteiger partial charge is 0.504 e. The molecule has 0 amide bonds. The molecule has 1 N–H and O–H groups in total. The number of ether oxygens (including phenoxy) is 3.